The van der Waals surface area contributed by atoms with Crippen molar-refractivity contribution < 1.29 is 13.9 Å². The van der Waals surface area contributed by atoms with Crippen molar-refractivity contribution in [3.63, 3.8) is 0 Å². The van der Waals surface area contributed by atoms with Crippen LogP contribution in [0.5, 0.6) is 5.75 Å². The van der Waals surface area contributed by atoms with Gasteiger partial charge in [0, 0.05) is 24.6 Å². The van der Waals surface area contributed by atoms with Crippen LogP contribution in [0.15, 0.2) is 6.07 Å². The van der Waals surface area contributed by atoms with Gasteiger partial charge in [0.2, 0.25) is 5.82 Å². The number of aryl methyl sites for hydroxylation is 1. The van der Waals surface area contributed by atoms with E-state index in [-0.39, 0.29) is 11.5 Å². The molecule has 0 aliphatic carbocycles. The van der Waals surface area contributed by atoms with Gasteiger partial charge in [-0.15, -0.1) is 0 Å². The van der Waals surface area contributed by atoms with Gasteiger partial charge in [-0.2, -0.15) is 4.39 Å². The van der Waals surface area contributed by atoms with Gasteiger partial charge in [0.15, 0.2) is 11.6 Å². The molecule has 0 atom stereocenters. The Labute approximate surface area is 80.6 Å². The molecule has 1 aliphatic rings. The van der Waals surface area contributed by atoms with Crippen molar-refractivity contribution in [1.82, 2.24) is 5.32 Å². The first-order valence-corrected chi connectivity index (χ1v) is 4.49. The lowest BCUT2D eigenvalue weighted by Gasteiger charge is -2.28. The van der Waals surface area contributed by atoms with Crippen LogP contribution >= 0.6 is 0 Å². The first kappa shape index (κ1) is 9.40. The van der Waals surface area contributed by atoms with Crippen LogP contribution in [0.2, 0.25) is 0 Å². The van der Waals surface area contributed by atoms with E-state index in [1.54, 1.807) is 0 Å². The zero-order valence-electron chi connectivity index (χ0n) is 7.77. The number of benzene rings is 1. The third kappa shape index (κ3) is 1.26. The monoisotopic (exact) mass is 199 g/mol. The first-order valence-electron chi connectivity index (χ1n) is 4.49. The van der Waals surface area contributed by atoms with E-state index in [2.05, 4.69) is 5.32 Å². The van der Waals surface area contributed by atoms with Crippen molar-refractivity contribution in [3.05, 3.63) is 28.8 Å². The van der Waals surface area contributed by atoms with Gasteiger partial charge in [-0.1, -0.05) is 0 Å². The summed E-state index contributed by atoms with van der Waals surface area (Å²) in [5.74, 6) is -2.53. The SMILES string of the molecule is Cc1cc(C2CNC2)c(O)c(F)c1F. The van der Waals surface area contributed by atoms with Gasteiger partial charge in [0.05, 0.1) is 0 Å². The number of phenolic OH excluding ortho intramolecular Hbond substituents is 1. The van der Waals surface area contributed by atoms with E-state index in [1.165, 1.54) is 13.0 Å². The molecule has 76 valence electrons. The van der Waals surface area contributed by atoms with Gasteiger partial charge in [0.1, 0.15) is 0 Å². The molecule has 1 fully saturated rings. The predicted molar refractivity (Wildman–Crippen MR) is 48.4 cm³/mol. The highest BCUT2D eigenvalue weighted by Crippen LogP contribution is 2.33. The summed E-state index contributed by atoms with van der Waals surface area (Å²) in [5.41, 5.74) is 0.738. The zero-order valence-corrected chi connectivity index (χ0v) is 7.77. The molecular weight excluding hydrogens is 188 g/mol. The molecule has 1 saturated heterocycles. The smallest absolute Gasteiger partial charge is 0.200 e. The predicted octanol–water partition coefficient (Wildman–Crippen LogP) is 1.67. The number of hydrogen-bond donors (Lipinski definition) is 2. The number of aromatic hydroxyl groups is 1. The fraction of sp³-hybridized carbons (Fsp3) is 0.400. The summed E-state index contributed by atoms with van der Waals surface area (Å²) >= 11 is 0. The lowest BCUT2D eigenvalue weighted by molar-refractivity contribution is 0.376. The van der Waals surface area contributed by atoms with Gasteiger partial charge in [0.25, 0.3) is 0 Å². The molecule has 14 heavy (non-hydrogen) atoms. The van der Waals surface area contributed by atoms with Crippen LogP contribution < -0.4 is 5.32 Å². The second-order valence-electron chi connectivity index (χ2n) is 3.61. The molecule has 0 saturated carbocycles. The van der Waals surface area contributed by atoms with Gasteiger partial charge in [-0.25, -0.2) is 4.39 Å². The Morgan fingerprint density at radius 2 is 2.00 bits per heavy atom. The summed E-state index contributed by atoms with van der Waals surface area (Å²) in [5, 5.41) is 12.4. The first-order chi connectivity index (χ1) is 6.61. The summed E-state index contributed by atoms with van der Waals surface area (Å²) in [7, 11) is 0. The number of hydrogen-bond acceptors (Lipinski definition) is 2. The number of halogens is 2. The lowest BCUT2D eigenvalue weighted by atomic mass is 9.91. The maximum Gasteiger partial charge on any atom is 0.200 e. The summed E-state index contributed by atoms with van der Waals surface area (Å²) in [6.45, 7) is 2.91. The Bertz CT molecular complexity index is 375. The van der Waals surface area contributed by atoms with E-state index in [4.69, 9.17) is 0 Å². The van der Waals surface area contributed by atoms with Crippen molar-refractivity contribution >= 4 is 0 Å². The molecule has 0 aromatic heterocycles. The second-order valence-corrected chi connectivity index (χ2v) is 3.61. The zero-order chi connectivity index (χ0) is 10.3. The van der Waals surface area contributed by atoms with Crippen LogP contribution in [0.25, 0.3) is 0 Å². The molecule has 0 radical (unpaired) electrons. The maximum atomic E-state index is 13.1. The molecule has 0 unspecified atom stereocenters. The highest BCUT2D eigenvalue weighted by atomic mass is 19.2. The van der Waals surface area contributed by atoms with Crippen LogP contribution in [0.1, 0.15) is 17.0 Å². The van der Waals surface area contributed by atoms with Crippen molar-refractivity contribution in [3.8, 4) is 5.75 Å². The number of rotatable bonds is 1. The van der Waals surface area contributed by atoms with Crippen LogP contribution in [0.4, 0.5) is 8.78 Å². The van der Waals surface area contributed by atoms with Crippen LogP contribution in [-0.2, 0) is 0 Å². The normalized spacial score (nSPS) is 16.8. The summed E-state index contributed by atoms with van der Waals surface area (Å²) < 4.78 is 26.1. The maximum absolute atomic E-state index is 13.1. The molecule has 1 aromatic carbocycles. The van der Waals surface area contributed by atoms with Gasteiger partial charge < -0.3 is 10.4 Å². The van der Waals surface area contributed by atoms with E-state index < -0.39 is 17.4 Å². The lowest BCUT2D eigenvalue weighted by Crippen LogP contribution is -2.40. The standard InChI is InChI=1S/C10H11F2NO/c1-5-2-7(6-3-13-4-6)10(14)9(12)8(5)11/h2,6,13-14H,3-4H2,1H3. The van der Waals surface area contributed by atoms with Crippen LogP contribution in [0.3, 0.4) is 0 Å². The van der Waals surface area contributed by atoms with Crippen molar-refractivity contribution in [1.29, 1.82) is 0 Å². The minimum Gasteiger partial charge on any atom is -0.505 e. The minimum absolute atomic E-state index is 0.101. The molecule has 4 heteroatoms. The van der Waals surface area contributed by atoms with Gasteiger partial charge in [-0.05, 0) is 18.6 Å². The fourth-order valence-corrected chi connectivity index (χ4v) is 1.59. The molecule has 0 amide bonds. The molecule has 2 rings (SSSR count). The van der Waals surface area contributed by atoms with Gasteiger partial charge >= 0.3 is 0 Å². The average molecular weight is 199 g/mol. The molecule has 2 N–H and O–H groups in total. The summed E-state index contributed by atoms with van der Waals surface area (Å²) in [6.07, 6.45) is 0. The van der Waals surface area contributed by atoms with E-state index in [0.29, 0.717) is 18.7 Å². The molecule has 1 aliphatic heterocycles. The fourth-order valence-electron chi connectivity index (χ4n) is 1.59. The third-order valence-electron chi connectivity index (χ3n) is 2.61. The van der Waals surface area contributed by atoms with E-state index in [9.17, 15) is 13.9 Å². The third-order valence-corrected chi connectivity index (χ3v) is 2.61. The molecule has 2 nitrogen and oxygen atoms in total. The summed E-state index contributed by atoms with van der Waals surface area (Å²) in [4.78, 5) is 0. The van der Waals surface area contributed by atoms with E-state index in [1.807, 2.05) is 0 Å². The Balaban J connectivity index is 2.49. The Hall–Kier alpha value is -1.16. The molecular formula is C10H11F2NO. The Kier molecular flexibility index (Phi) is 2.15. The largest absolute Gasteiger partial charge is 0.505 e. The van der Waals surface area contributed by atoms with Gasteiger partial charge in [-0.3, -0.25) is 0 Å². The number of phenols is 1. The van der Waals surface area contributed by atoms with Crippen LogP contribution in [-0.4, -0.2) is 18.2 Å². The minimum atomic E-state index is -1.13. The Morgan fingerprint density at radius 1 is 1.36 bits per heavy atom. The molecule has 0 spiro atoms. The highest BCUT2D eigenvalue weighted by molar-refractivity contribution is 5.42. The van der Waals surface area contributed by atoms with Crippen molar-refractivity contribution in [2.45, 2.75) is 12.8 Å². The van der Waals surface area contributed by atoms with E-state index >= 15 is 0 Å². The average Bonchev–Trinajstić information content (AvgIpc) is 2.08. The number of nitrogens with one attached hydrogen (secondary N) is 1. The van der Waals surface area contributed by atoms with Crippen molar-refractivity contribution in [2.24, 2.45) is 0 Å². The quantitative estimate of drug-likeness (QED) is 0.721. The van der Waals surface area contributed by atoms with Crippen molar-refractivity contribution in [2.75, 3.05) is 13.1 Å². The molecule has 1 aromatic rings. The second kappa shape index (κ2) is 3.20. The topological polar surface area (TPSA) is 32.3 Å². The molecule has 1 heterocycles. The highest BCUT2D eigenvalue weighted by Gasteiger charge is 2.25. The molecule has 0 bridgehead atoms. The van der Waals surface area contributed by atoms with Crippen LogP contribution in [0, 0.1) is 18.6 Å². The summed E-state index contributed by atoms with van der Waals surface area (Å²) in [6, 6.07) is 1.51. The van der Waals surface area contributed by atoms with E-state index in [0.717, 1.165) is 0 Å². The Morgan fingerprint density at radius 3 is 2.50 bits per heavy atom.